The lowest BCUT2D eigenvalue weighted by molar-refractivity contribution is -0.122. The topological polar surface area (TPSA) is 58.2 Å². The smallest absolute Gasteiger partial charge is 0.251 e. The second-order valence-electron chi connectivity index (χ2n) is 6.18. The van der Waals surface area contributed by atoms with Gasteiger partial charge in [-0.05, 0) is 36.4 Å². The van der Waals surface area contributed by atoms with Gasteiger partial charge < -0.3 is 10.6 Å². The number of carbonyl (C=O) groups excluding carboxylic acids is 2. The molecule has 2 rings (SSSR count). The van der Waals surface area contributed by atoms with Crippen LogP contribution in [0.25, 0.3) is 0 Å². The molecule has 0 saturated heterocycles. The number of amides is 2. The maximum atomic E-state index is 12.2. The number of nitrogens with one attached hydrogen (secondary N) is 2. The molecule has 0 aliphatic heterocycles. The number of rotatable bonds is 7. The Morgan fingerprint density at radius 3 is 2.58 bits per heavy atom. The van der Waals surface area contributed by atoms with Crippen LogP contribution in [-0.4, -0.2) is 18.4 Å². The number of benzene rings is 1. The average Bonchev–Trinajstić information content (AvgIpc) is 3.06. The lowest BCUT2D eigenvalue weighted by Crippen LogP contribution is -2.34. The molecule has 0 aliphatic rings. The van der Waals surface area contributed by atoms with Gasteiger partial charge in [-0.2, -0.15) is 0 Å². The summed E-state index contributed by atoms with van der Waals surface area (Å²) in [6, 6.07) is 11.4. The molecule has 2 aromatic rings. The minimum absolute atomic E-state index is 0.0185. The average molecular weight is 344 g/mol. The minimum Gasteiger partial charge on any atom is -0.352 e. The number of carbonyl (C=O) groups is 2. The lowest BCUT2D eigenvalue weighted by atomic mass is 10.0. The van der Waals surface area contributed by atoms with Gasteiger partial charge in [-0.3, -0.25) is 9.59 Å². The van der Waals surface area contributed by atoms with Gasteiger partial charge in [0.25, 0.3) is 5.91 Å². The third-order valence-corrected chi connectivity index (χ3v) is 4.71. The van der Waals surface area contributed by atoms with Crippen molar-refractivity contribution in [2.24, 2.45) is 5.92 Å². The van der Waals surface area contributed by atoms with Crippen molar-refractivity contribution in [3.8, 4) is 0 Å². The first kappa shape index (κ1) is 18.2. The Hall–Kier alpha value is -2.14. The second kappa shape index (κ2) is 8.64. The van der Waals surface area contributed by atoms with Crippen LogP contribution >= 0.6 is 11.3 Å². The molecule has 0 aliphatic carbocycles. The molecule has 1 atom stereocenters. The van der Waals surface area contributed by atoms with E-state index in [0.717, 1.165) is 10.4 Å². The molecule has 128 valence electrons. The summed E-state index contributed by atoms with van der Waals surface area (Å²) in [6.45, 7) is 6.45. The maximum Gasteiger partial charge on any atom is 0.251 e. The van der Waals surface area contributed by atoms with Crippen molar-refractivity contribution in [1.82, 2.24) is 10.6 Å². The maximum absolute atomic E-state index is 12.2. The normalized spacial score (nSPS) is 12.0. The zero-order chi connectivity index (χ0) is 17.5. The van der Waals surface area contributed by atoms with Crippen molar-refractivity contribution >= 4 is 23.2 Å². The molecule has 2 N–H and O–H groups in total. The summed E-state index contributed by atoms with van der Waals surface area (Å²) < 4.78 is 0. The van der Waals surface area contributed by atoms with Crippen molar-refractivity contribution in [3.63, 3.8) is 0 Å². The summed E-state index contributed by atoms with van der Waals surface area (Å²) in [5, 5.41) is 7.87. The largest absolute Gasteiger partial charge is 0.352 e. The van der Waals surface area contributed by atoms with Crippen LogP contribution in [0.3, 0.4) is 0 Å². The van der Waals surface area contributed by atoms with Crippen molar-refractivity contribution in [3.05, 3.63) is 57.8 Å². The van der Waals surface area contributed by atoms with Gasteiger partial charge in [-0.25, -0.2) is 0 Å². The molecule has 0 fully saturated rings. The molecule has 4 nitrogen and oxygen atoms in total. The summed E-state index contributed by atoms with van der Waals surface area (Å²) in [6.07, 6.45) is 0.270. The van der Waals surface area contributed by atoms with E-state index >= 15 is 0 Å². The van der Waals surface area contributed by atoms with Gasteiger partial charge in [0, 0.05) is 23.4 Å². The Kier molecular flexibility index (Phi) is 6.55. The molecule has 24 heavy (non-hydrogen) atoms. The van der Waals surface area contributed by atoms with Crippen LogP contribution < -0.4 is 10.6 Å². The van der Waals surface area contributed by atoms with Gasteiger partial charge in [0.05, 0.1) is 6.04 Å². The molecule has 5 heteroatoms. The van der Waals surface area contributed by atoms with E-state index in [9.17, 15) is 9.59 Å². The molecular formula is C19H24N2O2S. The highest BCUT2D eigenvalue weighted by Gasteiger charge is 2.19. The zero-order valence-corrected chi connectivity index (χ0v) is 15.2. The van der Waals surface area contributed by atoms with E-state index in [-0.39, 0.29) is 24.3 Å². The number of thiophene rings is 1. The highest BCUT2D eigenvalue weighted by Crippen LogP contribution is 2.25. The molecule has 1 aromatic heterocycles. The third-order valence-electron chi connectivity index (χ3n) is 3.75. The van der Waals surface area contributed by atoms with E-state index in [0.29, 0.717) is 18.0 Å². The van der Waals surface area contributed by atoms with Gasteiger partial charge in [0.1, 0.15) is 0 Å². The minimum atomic E-state index is -0.148. The summed E-state index contributed by atoms with van der Waals surface area (Å²) >= 11 is 1.64. The number of aryl methyl sites for hydroxylation is 1. The molecule has 0 bridgehead atoms. The lowest BCUT2D eigenvalue weighted by Gasteiger charge is -2.21. The van der Waals surface area contributed by atoms with E-state index in [2.05, 4.69) is 24.5 Å². The molecule has 0 radical (unpaired) electrons. The highest BCUT2D eigenvalue weighted by atomic mass is 32.1. The quantitative estimate of drug-likeness (QED) is 0.805. The number of hydrogen-bond acceptors (Lipinski definition) is 3. The molecule has 1 aromatic carbocycles. The molecule has 0 saturated carbocycles. The SMILES string of the molecule is Cc1cccc(C(=O)NCCC(=O)N[C@@H](c2cccs2)C(C)C)c1. The Labute approximate surface area is 147 Å². The van der Waals surface area contributed by atoms with Crippen LogP contribution in [0.1, 0.15) is 47.1 Å². The van der Waals surface area contributed by atoms with Crippen LogP contribution in [0, 0.1) is 12.8 Å². The molecule has 0 spiro atoms. The summed E-state index contributed by atoms with van der Waals surface area (Å²) in [7, 11) is 0. The summed E-state index contributed by atoms with van der Waals surface area (Å²) in [5.41, 5.74) is 1.66. The van der Waals surface area contributed by atoms with Crippen LogP contribution in [0.4, 0.5) is 0 Å². The number of hydrogen-bond donors (Lipinski definition) is 2. The molecule has 0 unspecified atom stereocenters. The van der Waals surface area contributed by atoms with Crippen molar-refractivity contribution in [2.75, 3.05) is 6.54 Å². The summed E-state index contributed by atoms with van der Waals surface area (Å²) in [5.74, 6) is 0.117. The van der Waals surface area contributed by atoms with Crippen LogP contribution in [0.5, 0.6) is 0 Å². The van der Waals surface area contributed by atoms with Crippen molar-refractivity contribution in [2.45, 2.75) is 33.2 Å². The zero-order valence-electron chi connectivity index (χ0n) is 14.3. The van der Waals surface area contributed by atoms with Gasteiger partial charge in [-0.1, -0.05) is 37.6 Å². The molecular weight excluding hydrogens is 320 g/mol. The Morgan fingerprint density at radius 2 is 1.96 bits per heavy atom. The highest BCUT2D eigenvalue weighted by molar-refractivity contribution is 7.10. The van der Waals surface area contributed by atoms with E-state index in [1.807, 2.05) is 42.6 Å². The predicted octanol–water partition coefficient (Wildman–Crippen LogP) is 3.69. The van der Waals surface area contributed by atoms with Crippen LogP contribution in [0.2, 0.25) is 0 Å². The van der Waals surface area contributed by atoms with Gasteiger partial charge in [-0.15, -0.1) is 11.3 Å². The van der Waals surface area contributed by atoms with E-state index in [4.69, 9.17) is 0 Å². The Morgan fingerprint density at radius 1 is 1.17 bits per heavy atom. The fourth-order valence-electron chi connectivity index (χ4n) is 2.46. The van der Waals surface area contributed by atoms with Gasteiger partial charge >= 0.3 is 0 Å². The summed E-state index contributed by atoms with van der Waals surface area (Å²) in [4.78, 5) is 25.4. The monoisotopic (exact) mass is 344 g/mol. The molecule has 1 heterocycles. The van der Waals surface area contributed by atoms with E-state index in [1.165, 1.54) is 0 Å². The first-order valence-electron chi connectivity index (χ1n) is 8.15. The van der Waals surface area contributed by atoms with Crippen LogP contribution in [0.15, 0.2) is 41.8 Å². The van der Waals surface area contributed by atoms with Crippen molar-refractivity contribution in [1.29, 1.82) is 0 Å². The standard InChI is InChI=1S/C19H24N2O2S/c1-13(2)18(16-8-5-11-24-16)21-17(22)9-10-20-19(23)15-7-4-6-14(3)12-15/h4-8,11-13,18H,9-10H2,1-3H3,(H,20,23)(H,21,22)/t18-/m1/s1. The van der Waals surface area contributed by atoms with Crippen molar-refractivity contribution < 1.29 is 9.59 Å². The van der Waals surface area contributed by atoms with Gasteiger partial charge in [0.15, 0.2) is 0 Å². The fourth-order valence-corrected chi connectivity index (χ4v) is 3.41. The van der Waals surface area contributed by atoms with E-state index < -0.39 is 0 Å². The van der Waals surface area contributed by atoms with Gasteiger partial charge in [0.2, 0.25) is 5.91 Å². The van der Waals surface area contributed by atoms with Crippen LogP contribution in [-0.2, 0) is 4.79 Å². The fraction of sp³-hybridized carbons (Fsp3) is 0.368. The first-order valence-corrected chi connectivity index (χ1v) is 9.03. The Balaban J connectivity index is 1.81. The Bertz CT molecular complexity index is 680. The second-order valence-corrected chi connectivity index (χ2v) is 7.16. The third kappa shape index (κ3) is 5.20. The first-order chi connectivity index (χ1) is 11.5. The molecule has 2 amide bonds. The van der Waals surface area contributed by atoms with E-state index in [1.54, 1.807) is 17.4 Å². The predicted molar refractivity (Wildman–Crippen MR) is 98.2 cm³/mol.